The van der Waals surface area contributed by atoms with Crippen LogP contribution in [-0.4, -0.2) is 78.9 Å². The molecule has 1 aliphatic rings. The lowest BCUT2D eigenvalue weighted by atomic mass is 9.98. The zero-order chi connectivity index (χ0) is 24.5. The highest BCUT2D eigenvalue weighted by atomic mass is 19.1. The Kier molecular flexibility index (Phi) is 7.62. The monoisotopic (exact) mass is 470 g/mol. The second kappa shape index (κ2) is 9.92. The molecule has 10 nitrogen and oxygen atoms in total. The summed E-state index contributed by atoms with van der Waals surface area (Å²) in [6.07, 6.45) is -6.97. The third kappa shape index (κ3) is 4.98. The van der Waals surface area contributed by atoms with Crippen LogP contribution in [0.3, 0.4) is 0 Å². The van der Waals surface area contributed by atoms with Crippen LogP contribution in [-0.2, 0) is 11.2 Å². The van der Waals surface area contributed by atoms with Crippen LogP contribution in [0.5, 0.6) is 11.6 Å². The van der Waals surface area contributed by atoms with E-state index in [0.29, 0.717) is 29.2 Å². The topological polar surface area (TPSA) is 147 Å². The predicted octanol–water partition coefficient (Wildman–Crippen LogP) is 0.400. The largest absolute Gasteiger partial charge is 0.494 e. The van der Waals surface area contributed by atoms with E-state index in [2.05, 4.69) is 5.10 Å². The van der Waals surface area contributed by atoms with Crippen molar-refractivity contribution in [2.45, 2.75) is 70.5 Å². The first-order valence-corrected chi connectivity index (χ1v) is 10.8. The van der Waals surface area contributed by atoms with E-state index in [4.69, 9.17) is 14.2 Å². The summed E-state index contributed by atoms with van der Waals surface area (Å²) in [7, 11) is 0. The van der Waals surface area contributed by atoms with Gasteiger partial charge >= 0.3 is 5.97 Å². The molecule has 0 unspecified atom stereocenters. The Morgan fingerprint density at radius 1 is 1.24 bits per heavy atom. The first kappa shape index (κ1) is 25.3. The molecule has 11 heteroatoms. The molecule has 1 aliphatic heterocycles. The fourth-order valence-corrected chi connectivity index (χ4v) is 3.78. The number of halogens is 1. The summed E-state index contributed by atoms with van der Waals surface area (Å²) in [6, 6.07) is 4.36. The predicted molar refractivity (Wildman–Crippen MR) is 113 cm³/mol. The molecule has 33 heavy (non-hydrogen) atoms. The minimum Gasteiger partial charge on any atom is -0.494 e. The Balaban J connectivity index is 1.98. The highest BCUT2D eigenvalue weighted by molar-refractivity contribution is 5.39. The summed E-state index contributed by atoms with van der Waals surface area (Å²) in [5.41, 5.74) is 1.36. The van der Waals surface area contributed by atoms with E-state index in [0.717, 1.165) is 0 Å². The van der Waals surface area contributed by atoms with Gasteiger partial charge in [-0.2, -0.15) is 0 Å². The molecule has 184 valence electrons. The van der Waals surface area contributed by atoms with Crippen LogP contribution < -0.4 is 9.47 Å². The van der Waals surface area contributed by atoms with Crippen LogP contribution in [0.25, 0.3) is 0 Å². The summed E-state index contributed by atoms with van der Waals surface area (Å²) < 4.78 is 32.4. The molecule has 1 aromatic heterocycles. The van der Waals surface area contributed by atoms with Gasteiger partial charge in [0.2, 0.25) is 5.88 Å². The van der Waals surface area contributed by atoms with Crippen molar-refractivity contribution in [1.29, 1.82) is 0 Å². The van der Waals surface area contributed by atoms with Crippen LogP contribution in [0.4, 0.5) is 4.39 Å². The van der Waals surface area contributed by atoms with Crippen molar-refractivity contribution in [1.82, 2.24) is 9.78 Å². The van der Waals surface area contributed by atoms with Crippen molar-refractivity contribution >= 4 is 0 Å². The molecule has 0 amide bonds. The number of aliphatic hydroxyl groups is 5. The van der Waals surface area contributed by atoms with Gasteiger partial charge in [0.05, 0.1) is 13.2 Å². The van der Waals surface area contributed by atoms with Crippen molar-refractivity contribution < 1.29 is 44.1 Å². The van der Waals surface area contributed by atoms with E-state index in [1.165, 1.54) is 6.07 Å². The third-order valence-corrected chi connectivity index (χ3v) is 5.60. The summed E-state index contributed by atoms with van der Waals surface area (Å²) in [5, 5.41) is 55.0. The molecule has 0 radical (unpaired) electrons. The number of benzene rings is 1. The maximum atomic E-state index is 14.7. The highest BCUT2D eigenvalue weighted by Crippen LogP contribution is 2.35. The van der Waals surface area contributed by atoms with Crippen molar-refractivity contribution in [2.75, 3.05) is 13.2 Å². The van der Waals surface area contributed by atoms with Crippen molar-refractivity contribution in [3.63, 3.8) is 0 Å². The minimum absolute atomic E-state index is 0.0346. The third-order valence-electron chi connectivity index (χ3n) is 5.60. The van der Waals surface area contributed by atoms with Gasteiger partial charge in [-0.3, -0.25) is 4.68 Å². The SMILES string of the molecule is CCOc1ccc(Cc2c(O[C@@]3(O)O[C@H](CO)[C@@H](O)[C@H](O)[C@H]3O)nn(C(C)C)c2C)c(F)c1. The fraction of sp³-hybridized carbons (Fsp3) is 0.591. The molecule has 0 spiro atoms. The molecule has 1 fully saturated rings. The molecule has 2 heterocycles. The lowest BCUT2D eigenvalue weighted by molar-refractivity contribution is -0.423. The first-order chi connectivity index (χ1) is 15.5. The van der Waals surface area contributed by atoms with E-state index in [1.807, 2.05) is 13.8 Å². The standard InChI is InChI=1S/C22H31FN2O8/c1-5-31-14-7-6-13(16(23)9-14)8-15-12(4)25(11(2)3)24-21(15)33-22(30)20(29)19(28)18(27)17(10-26)32-22/h6-7,9,11,17-20,26-30H,5,8,10H2,1-4H3/t17-,18-,19+,20-,22+/m1/s1. The maximum Gasteiger partial charge on any atom is 0.356 e. The molecule has 2 aromatic rings. The van der Waals surface area contributed by atoms with Crippen LogP contribution >= 0.6 is 0 Å². The van der Waals surface area contributed by atoms with Crippen LogP contribution in [0.2, 0.25) is 0 Å². The summed E-state index contributed by atoms with van der Waals surface area (Å²) >= 11 is 0. The quantitative estimate of drug-likeness (QED) is 0.346. The second-order valence-corrected chi connectivity index (χ2v) is 8.27. The number of hydrogen-bond acceptors (Lipinski definition) is 9. The van der Waals surface area contributed by atoms with Gasteiger partial charge in [-0.25, -0.2) is 4.39 Å². The average molecular weight is 470 g/mol. The lowest BCUT2D eigenvalue weighted by Crippen LogP contribution is -2.67. The Morgan fingerprint density at radius 3 is 2.52 bits per heavy atom. The van der Waals surface area contributed by atoms with Gasteiger partial charge in [0.1, 0.15) is 29.9 Å². The normalized spacial score (nSPS) is 27.7. The van der Waals surface area contributed by atoms with Crippen LogP contribution in [0, 0.1) is 12.7 Å². The smallest absolute Gasteiger partial charge is 0.356 e. The number of aliphatic hydroxyl groups excluding tert-OH is 4. The van der Waals surface area contributed by atoms with E-state index in [-0.39, 0.29) is 18.3 Å². The Labute approximate surface area is 190 Å². The second-order valence-electron chi connectivity index (χ2n) is 8.27. The number of nitrogens with zero attached hydrogens (tertiary/aromatic N) is 2. The Hall–Kier alpha value is -2.28. The lowest BCUT2D eigenvalue weighted by Gasteiger charge is -2.43. The molecule has 1 aromatic carbocycles. The van der Waals surface area contributed by atoms with Crippen molar-refractivity contribution in [3.05, 3.63) is 40.8 Å². The molecule has 0 aliphatic carbocycles. The molecule has 1 saturated heterocycles. The van der Waals surface area contributed by atoms with E-state index >= 15 is 0 Å². The van der Waals surface area contributed by atoms with Gasteiger partial charge in [-0.1, -0.05) is 6.07 Å². The number of ether oxygens (including phenoxy) is 3. The molecule has 5 N–H and O–H groups in total. The maximum absolute atomic E-state index is 14.7. The van der Waals surface area contributed by atoms with Gasteiger partial charge in [-0.05, 0) is 39.3 Å². The Bertz CT molecular complexity index is 966. The van der Waals surface area contributed by atoms with Gasteiger partial charge in [0.25, 0.3) is 0 Å². The van der Waals surface area contributed by atoms with Gasteiger partial charge in [0.15, 0.2) is 6.10 Å². The van der Waals surface area contributed by atoms with E-state index in [9.17, 15) is 29.9 Å². The zero-order valence-electron chi connectivity index (χ0n) is 19.0. The molecule has 3 rings (SSSR count). The summed E-state index contributed by atoms with van der Waals surface area (Å²) in [6.45, 7) is 6.93. The van der Waals surface area contributed by atoms with Crippen molar-refractivity contribution in [2.24, 2.45) is 0 Å². The summed E-state index contributed by atoms with van der Waals surface area (Å²) in [5.74, 6) is -3.09. The van der Waals surface area contributed by atoms with E-state index in [1.54, 1.807) is 30.7 Å². The molecule has 0 bridgehead atoms. The Morgan fingerprint density at radius 2 is 1.94 bits per heavy atom. The summed E-state index contributed by atoms with van der Waals surface area (Å²) in [4.78, 5) is 0. The molecule has 0 saturated carbocycles. The highest BCUT2D eigenvalue weighted by Gasteiger charge is 2.55. The number of aromatic nitrogens is 2. The van der Waals surface area contributed by atoms with Gasteiger partial charge < -0.3 is 39.7 Å². The molecular formula is C22H31FN2O8. The molecular weight excluding hydrogens is 439 g/mol. The molecule has 5 atom stereocenters. The number of hydrogen-bond donors (Lipinski definition) is 5. The van der Waals surface area contributed by atoms with Gasteiger partial charge in [0, 0.05) is 29.8 Å². The number of rotatable bonds is 8. The van der Waals surface area contributed by atoms with E-state index < -0.39 is 42.8 Å². The van der Waals surface area contributed by atoms with Gasteiger partial charge in [-0.15, -0.1) is 5.10 Å². The zero-order valence-corrected chi connectivity index (χ0v) is 19.0. The first-order valence-electron chi connectivity index (χ1n) is 10.8. The van der Waals surface area contributed by atoms with Crippen molar-refractivity contribution in [3.8, 4) is 11.6 Å². The minimum atomic E-state index is -2.82. The van der Waals surface area contributed by atoms with Crippen LogP contribution in [0.1, 0.15) is 43.6 Å². The average Bonchev–Trinajstić information content (AvgIpc) is 3.06. The van der Waals surface area contributed by atoms with Crippen LogP contribution in [0.15, 0.2) is 18.2 Å². The fourth-order valence-electron chi connectivity index (χ4n) is 3.78.